The molecule has 0 bridgehead atoms. The van der Waals surface area contributed by atoms with Gasteiger partial charge in [0.1, 0.15) is 0 Å². The zero-order valence-corrected chi connectivity index (χ0v) is 16.6. The van der Waals surface area contributed by atoms with Crippen molar-refractivity contribution in [3.05, 3.63) is 0 Å². The van der Waals surface area contributed by atoms with Crippen LogP contribution in [0.4, 0.5) is 13.2 Å². The van der Waals surface area contributed by atoms with Gasteiger partial charge in [-0.05, 0) is 38.6 Å². The average Bonchev–Trinajstić information content (AvgIpc) is 2.45. The summed E-state index contributed by atoms with van der Waals surface area (Å²) in [5.74, 6) is 1.52. The fraction of sp³-hybridized carbons (Fsp3) is 0.933. The molecule has 0 aromatic heterocycles. The summed E-state index contributed by atoms with van der Waals surface area (Å²) in [6, 6.07) is 0.418. The normalized spacial score (nSPS) is 22.7. The molecular formula is C15H30F3IN4. The predicted octanol–water partition coefficient (Wildman–Crippen LogP) is 3.23. The third-order valence-electron chi connectivity index (χ3n) is 4.22. The molecule has 0 atom stereocenters. The summed E-state index contributed by atoms with van der Waals surface area (Å²) in [5, 5.41) is 6.46. The van der Waals surface area contributed by atoms with Crippen LogP contribution in [-0.4, -0.2) is 56.8 Å². The summed E-state index contributed by atoms with van der Waals surface area (Å²) in [5.41, 5.74) is 0. The van der Waals surface area contributed by atoms with E-state index in [1.54, 1.807) is 7.05 Å². The van der Waals surface area contributed by atoms with Crippen LogP contribution < -0.4 is 10.6 Å². The molecule has 1 rings (SSSR count). The number of alkyl halides is 3. The van der Waals surface area contributed by atoms with Gasteiger partial charge in [0.2, 0.25) is 0 Å². The largest absolute Gasteiger partial charge is 0.401 e. The van der Waals surface area contributed by atoms with Crippen molar-refractivity contribution < 1.29 is 13.2 Å². The Labute approximate surface area is 154 Å². The lowest BCUT2D eigenvalue weighted by Gasteiger charge is -2.29. The quantitative estimate of drug-likeness (QED) is 0.371. The number of hydrogen-bond acceptors (Lipinski definition) is 2. The molecule has 0 aromatic rings. The molecule has 1 aliphatic rings. The molecule has 0 spiro atoms. The molecule has 2 N–H and O–H groups in total. The second-order valence-corrected chi connectivity index (χ2v) is 6.12. The van der Waals surface area contributed by atoms with Crippen molar-refractivity contribution in [1.29, 1.82) is 0 Å². The third kappa shape index (κ3) is 10.3. The minimum atomic E-state index is -4.15. The smallest absolute Gasteiger partial charge is 0.355 e. The van der Waals surface area contributed by atoms with E-state index < -0.39 is 12.7 Å². The van der Waals surface area contributed by atoms with E-state index in [-0.39, 0.29) is 24.0 Å². The van der Waals surface area contributed by atoms with Crippen LogP contribution in [-0.2, 0) is 0 Å². The highest BCUT2D eigenvalue weighted by Gasteiger charge is 2.28. The van der Waals surface area contributed by atoms with Gasteiger partial charge in [-0.15, -0.1) is 24.0 Å². The van der Waals surface area contributed by atoms with Crippen LogP contribution in [0.2, 0.25) is 0 Å². The highest BCUT2D eigenvalue weighted by atomic mass is 127. The fourth-order valence-electron chi connectivity index (χ4n) is 2.85. The van der Waals surface area contributed by atoms with Gasteiger partial charge in [-0.2, -0.15) is 13.2 Å². The number of likely N-dealkylation sites (N-methyl/N-ethyl adjacent to an activating group) is 1. The molecule has 1 aliphatic carbocycles. The lowest BCUT2D eigenvalue weighted by molar-refractivity contribution is -0.142. The van der Waals surface area contributed by atoms with Gasteiger partial charge in [0, 0.05) is 26.2 Å². The van der Waals surface area contributed by atoms with E-state index in [9.17, 15) is 13.2 Å². The van der Waals surface area contributed by atoms with Gasteiger partial charge in [0.15, 0.2) is 5.96 Å². The van der Waals surface area contributed by atoms with Crippen molar-refractivity contribution in [2.45, 2.75) is 51.2 Å². The SMILES string of the molecule is CCC1CCC(NC(=NC)NCCN(C)CC(F)(F)F)CC1.I. The molecule has 1 saturated carbocycles. The Kier molecular flexibility index (Phi) is 11.2. The Morgan fingerprint density at radius 2 is 1.83 bits per heavy atom. The van der Waals surface area contributed by atoms with E-state index in [0.29, 0.717) is 25.1 Å². The zero-order valence-electron chi connectivity index (χ0n) is 14.2. The van der Waals surface area contributed by atoms with E-state index in [1.165, 1.54) is 31.2 Å². The molecule has 0 unspecified atom stereocenters. The topological polar surface area (TPSA) is 39.7 Å². The number of aliphatic imine (C=N–C) groups is 1. The first kappa shape index (κ1) is 22.8. The molecule has 0 radical (unpaired) electrons. The van der Waals surface area contributed by atoms with E-state index in [2.05, 4.69) is 22.5 Å². The molecule has 0 saturated heterocycles. The molecule has 138 valence electrons. The summed E-state index contributed by atoms with van der Waals surface area (Å²) >= 11 is 0. The fourth-order valence-corrected chi connectivity index (χ4v) is 2.85. The van der Waals surface area contributed by atoms with Gasteiger partial charge in [0.05, 0.1) is 6.54 Å². The Bertz CT molecular complexity index is 342. The van der Waals surface area contributed by atoms with Crippen LogP contribution in [0.5, 0.6) is 0 Å². The number of hydrogen-bond donors (Lipinski definition) is 2. The maximum absolute atomic E-state index is 12.2. The maximum atomic E-state index is 12.2. The van der Waals surface area contributed by atoms with Gasteiger partial charge in [-0.3, -0.25) is 9.89 Å². The molecule has 0 heterocycles. The molecular weight excluding hydrogens is 420 g/mol. The first-order valence-corrected chi connectivity index (χ1v) is 8.06. The second-order valence-electron chi connectivity index (χ2n) is 6.12. The second kappa shape index (κ2) is 11.3. The molecule has 4 nitrogen and oxygen atoms in total. The molecule has 23 heavy (non-hydrogen) atoms. The number of halogens is 4. The lowest BCUT2D eigenvalue weighted by Crippen LogP contribution is -2.47. The number of nitrogens with zero attached hydrogens (tertiary/aromatic N) is 2. The van der Waals surface area contributed by atoms with Crippen LogP contribution in [0.25, 0.3) is 0 Å². The molecule has 0 aliphatic heterocycles. The number of nitrogens with one attached hydrogen (secondary N) is 2. The molecule has 8 heteroatoms. The Balaban J connectivity index is 0.00000484. The standard InChI is InChI=1S/C15H29F3N4.HI/c1-4-12-5-7-13(8-6-12)21-14(19-2)20-9-10-22(3)11-15(16,17)18;/h12-13H,4-11H2,1-3H3,(H2,19,20,21);1H. The Hall–Kier alpha value is -0.250. The zero-order chi connectivity index (χ0) is 16.6. The molecule has 0 amide bonds. The van der Waals surface area contributed by atoms with Crippen LogP contribution >= 0.6 is 24.0 Å². The minimum Gasteiger partial charge on any atom is -0.355 e. The Morgan fingerprint density at radius 3 is 2.30 bits per heavy atom. The van der Waals surface area contributed by atoms with Gasteiger partial charge in [-0.25, -0.2) is 0 Å². The van der Waals surface area contributed by atoms with Crippen molar-refractivity contribution >= 4 is 29.9 Å². The monoisotopic (exact) mass is 450 g/mol. The van der Waals surface area contributed by atoms with E-state index in [1.807, 2.05) is 0 Å². The first-order valence-electron chi connectivity index (χ1n) is 8.06. The maximum Gasteiger partial charge on any atom is 0.401 e. The first-order chi connectivity index (χ1) is 10.3. The van der Waals surface area contributed by atoms with Gasteiger partial charge >= 0.3 is 6.18 Å². The van der Waals surface area contributed by atoms with Crippen molar-refractivity contribution in [3.63, 3.8) is 0 Å². The van der Waals surface area contributed by atoms with Crippen molar-refractivity contribution in [1.82, 2.24) is 15.5 Å². The molecule has 0 aromatic carbocycles. The van der Waals surface area contributed by atoms with Crippen LogP contribution in [0, 0.1) is 5.92 Å². The van der Waals surface area contributed by atoms with E-state index in [0.717, 1.165) is 18.8 Å². The van der Waals surface area contributed by atoms with E-state index in [4.69, 9.17) is 0 Å². The van der Waals surface area contributed by atoms with Crippen LogP contribution in [0.15, 0.2) is 4.99 Å². The summed E-state index contributed by atoms with van der Waals surface area (Å²) in [6.45, 7) is 2.11. The summed E-state index contributed by atoms with van der Waals surface area (Å²) in [7, 11) is 3.16. The van der Waals surface area contributed by atoms with Gasteiger partial charge in [-0.1, -0.05) is 13.3 Å². The highest BCUT2D eigenvalue weighted by molar-refractivity contribution is 14.0. The summed E-state index contributed by atoms with van der Waals surface area (Å²) < 4.78 is 36.7. The van der Waals surface area contributed by atoms with Crippen LogP contribution in [0.1, 0.15) is 39.0 Å². The summed E-state index contributed by atoms with van der Waals surface area (Å²) in [6.07, 6.45) is 1.83. The van der Waals surface area contributed by atoms with Gasteiger partial charge in [0.25, 0.3) is 0 Å². The Morgan fingerprint density at radius 1 is 1.22 bits per heavy atom. The lowest BCUT2D eigenvalue weighted by atomic mass is 9.84. The van der Waals surface area contributed by atoms with Gasteiger partial charge < -0.3 is 10.6 Å². The number of guanidine groups is 1. The highest BCUT2D eigenvalue weighted by Crippen LogP contribution is 2.26. The van der Waals surface area contributed by atoms with E-state index >= 15 is 0 Å². The van der Waals surface area contributed by atoms with Crippen molar-refractivity contribution in [2.75, 3.05) is 33.7 Å². The van der Waals surface area contributed by atoms with Crippen molar-refractivity contribution in [3.8, 4) is 0 Å². The number of rotatable bonds is 6. The average molecular weight is 450 g/mol. The molecule has 1 fully saturated rings. The minimum absolute atomic E-state index is 0. The van der Waals surface area contributed by atoms with Crippen molar-refractivity contribution in [2.24, 2.45) is 10.9 Å². The third-order valence-corrected chi connectivity index (χ3v) is 4.22. The summed E-state index contributed by atoms with van der Waals surface area (Å²) in [4.78, 5) is 5.40. The predicted molar refractivity (Wildman–Crippen MR) is 99.5 cm³/mol. The van der Waals surface area contributed by atoms with Crippen LogP contribution in [0.3, 0.4) is 0 Å².